The zero-order chi connectivity index (χ0) is 18.3. The van der Waals surface area contributed by atoms with Crippen molar-refractivity contribution in [3.8, 4) is 0 Å². The van der Waals surface area contributed by atoms with Crippen LogP contribution >= 0.6 is 0 Å². The lowest BCUT2D eigenvalue weighted by atomic mass is 10.0. The second kappa shape index (κ2) is 6.63. The van der Waals surface area contributed by atoms with Crippen LogP contribution in [0.2, 0.25) is 0 Å². The third-order valence-electron chi connectivity index (χ3n) is 5.31. The van der Waals surface area contributed by atoms with Gasteiger partial charge >= 0.3 is 0 Å². The van der Waals surface area contributed by atoms with Crippen molar-refractivity contribution in [2.75, 3.05) is 6.54 Å². The quantitative estimate of drug-likeness (QED) is 0.875. The number of carbonyl (C=O) groups excluding carboxylic acids is 2. The second-order valence-electron chi connectivity index (χ2n) is 7.32. The number of rotatable bonds is 5. The van der Waals surface area contributed by atoms with Crippen LogP contribution in [0.3, 0.4) is 0 Å². The standard InChI is InChI=1S/C19H25N5O2/c1-22-10-3-4-17(22)19(26)24-11-9-16-14(12-24)15(21-23(16)2)7-8-18(25)20-13-5-6-13/h3-4,10,13H,5-9,11-12H2,1-2H3,(H,20,25). The summed E-state index contributed by atoms with van der Waals surface area (Å²) in [6.07, 6.45) is 5.95. The van der Waals surface area contributed by atoms with Gasteiger partial charge in [-0.15, -0.1) is 0 Å². The zero-order valence-corrected chi connectivity index (χ0v) is 15.4. The normalized spacial score (nSPS) is 16.5. The molecule has 2 aliphatic rings. The number of nitrogens with zero attached hydrogens (tertiary/aromatic N) is 4. The fourth-order valence-corrected chi connectivity index (χ4v) is 3.65. The molecule has 0 unspecified atom stereocenters. The Balaban J connectivity index is 1.47. The highest BCUT2D eigenvalue weighted by molar-refractivity contribution is 5.92. The molecule has 1 N–H and O–H groups in total. The van der Waals surface area contributed by atoms with Crippen molar-refractivity contribution in [1.82, 2.24) is 24.6 Å². The fourth-order valence-electron chi connectivity index (χ4n) is 3.65. The van der Waals surface area contributed by atoms with Crippen molar-refractivity contribution >= 4 is 11.8 Å². The smallest absolute Gasteiger partial charge is 0.270 e. The van der Waals surface area contributed by atoms with Gasteiger partial charge in [-0.1, -0.05) is 0 Å². The molecule has 0 atom stereocenters. The molecule has 0 saturated heterocycles. The maximum absolute atomic E-state index is 12.8. The molecule has 1 fully saturated rings. The summed E-state index contributed by atoms with van der Waals surface area (Å²) in [5, 5.41) is 7.65. The molecule has 26 heavy (non-hydrogen) atoms. The summed E-state index contributed by atoms with van der Waals surface area (Å²) >= 11 is 0. The van der Waals surface area contributed by atoms with Crippen LogP contribution in [0.4, 0.5) is 0 Å². The van der Waals surface area contributed by atoms with Gasteiger partial charge in [0.15, 0.2) is 0 Å². The van der Waals surface area contributed by atoms with Gasteiger partial charge in [0.1, 0.15) is 5.69 Å². The predicted molar refractivity (Wildman–Crippen MR) is 96.6 cm³/mol. The van der Waals surface area contributed by atoms with Crippen molar-refractivity contribution in [1.29, 1.82) is 0 Å². The van der Waals surface area contributed by atoms with Gasteiger partial charge in [-0.2, -0.15) is 5.10 Å². The summed E-state index contributed by atoms with van der Waals surface area (Å²) in [7, 11) is 3.83. The maximum Gasteiger partial charge on any atom is 0.270 e. The van der Waals surface area contributed by atoms with Crippen LogP contribution in [0, 0.1) is 0 Å². The van der Waals surface area contributed by atoms with E-state index in [1.165, 1.54) is 5.69 Å². The molecule has 1 aliphatic heterocycles. The van der Waals surface area contributed by atoms with E-state index in [0.717, 1.165) is 30.5 Å². The Kier molecular flexibility index (Phi) is 4.30. The molecule has 0 radical (unpaired) electrons. The summed E-state index contributed by atoms with van der Waals surface area (Å²) in [4.78, 5) is 26.7. The average Bonchev–Trinajstić information content (AvgIpc) is 3.24. The van der Waals surface area contributed by atoms with E-state index in [1.807, 2.05) is 46.6 Å². The number of aryl methyl sites for hydroxylation is 3. The summed E-state index contributed by atoms with van der Waals surface area (Å²) in [6.45, 7) is 1.25. The molecule has 2 aromatic rings. The lowest BCUT2D eigenvalue weighted by Crippen LogP contribution is -2.37. The maximum atomic E-state index is 12.8. The summed E-state index contributed by atoms with van der Waals surface area (Å²) < 4.78 is 3.76. The fraction of sp³-hybridized carbons (Fsp3) is 0.526. The minimum absolute atomic E-state index is 0.0458. The first kappa shape index (κ1) is 16.9. The van der Waals surface area contributed by atoms with Gasteiger partial charge in [0.25, 0.3) is 5.91 Å². The van der Waals surface area contributed by atoms with Crippen LogP contribution in [0.5, 0.6) is 0 Å². The van der Waals surface area contributed by atoms with Crippen LogP contribution in [0.25, 0.3) is 0 Å². The van der Waals surface area contributed by atoms with E-state index in [-0.39, 0.29) is 11.8 Å². The highest BCUT2D eigenvalue weighted by Crippen LogP contribution is 2.25. The number of hydrogen-bond donors (Lipinski definition) is 1. The SMILES string of the molecule is Cn1cccc1C(=O)N1CCc2c(c(CCC(=O)NC3CC3)nn2C)C1. The first-order valence-electron chi connectivity index (χ1n) is 9.26. The van der Waals surface area contributed by atoms with Gasteiger partial charge in [-0.05, 0) is 25.0 Å². The van der Waals surface area contributed by atoms with Gasteiger partial charge in [0.2, 0.25) is 5.91 Å². The van der Waals surface area contributed by atoms with Gasteiger partial charge in [0.05, 0.1) is 5.69 Å². The van der Waals surface area contributed by atoms with E-state index in [0.29, 0.717) is 37.7 Å². The van der Waals surface area contributed by atoms with Crippen molar-refractivity contribution in [2.24, 2.45) is 14.1 Å². The molecule has 4 rings (SSSR count). The van der Waals surface area contributed by atoms with E-state index in [1.54, 1.807) is 0 Å². The van der Waals surface area contributed by atoms with E-state index < -0.39 is 0 Å². The van der Waals surface area contributed by atoms with Crippen LogP contribution in [-0.4, -0.2) is 43.6 Å². The number of amides is 2. The number of carbonyl (C=O) groups is 2. The van der Waals surface area contributed by atoms with Gasteiger partial charge in [-0.25, -0.2) is 0 Å². The monoisotopic (exact) mass is 355 g/mol. The molecule has 138 valence electrons. The predicted octanol–water partition coefficient (Wildman–Crippen LogP) is 1.17. The minimum atomic E-state index is 0.0458. The van der Waals surface area contributed by atoms with Crippen LogP contribution in [-0.2, 0) is 38.3 Å². The molecule has 0 spiro atoms. The Bertz CT molecular complexity index is 846. The highest BCUT2D eigenvalue weighted by Gasteiger charge is 2.28. The molecule has 1 aliphatic carbocycles. The molecule has 0 bridgehead atoms. The third kappa shape index (κ3) is 3.25. The van der Waals surface area contributed by atoms with E-state index >= 15 is 0 Å². The Morgan fingerprint density at radius 1 is 1.31 bits per heavy atom. The molecule has 7 nitrogen and oxygen atoms in total. The molecule has 0 aromatic carbocycles. The summed E-state index contributed by atoms with van der Waals surface area (Å²) in [5.74, 6) is 0.142. The number of aromatic nitrogens is 3. The zero-order valence-electron chi connectivity index (χ0n) is 15.4. The Morgan fingerprint density at radius 3 is 2.81 bits per heavy atom. The van der Waals surface area contributed by atoms with Crippen molar-refractivity contribution in [2.45, 2.75) is 44.7 Å². The molecule has 1 saturated carbocycles. The van der Waals surface area contributed by atoms with Gasteiger partial charge in [-0.3, -0.25) is 14.3 Å². The lowest BCUT2D eigenvalue weighted by molar-refractivity contribution is -0.121. The number of hydrogen-bond acceptors (Lipinski definition) is 3. The van der Waals surface area contributed by atoms with E-state index in [2.05, 4.69) is 10.4 Å². The molecular weight excluding hydrogens is 330 g/mol. The summed E-state index contributed by atoms with van der Waals surface area (Å²) in [6, 6.07) is 4.12. The number of nitrogens with one attached hydrogen (secondary N) is 1. The Labute approximate surface area is 153 Å². The van der Waals surface area contributed by atoms with E-state index in [9.17, 15) is 9.59 Å². The molecule has 2 amide bonds. The minimum Gasteiger partial charge on any atom is -0.353 e. The van der Waals surface area contributed by atoms with Crippen LogP contribution in [0.1, 0.15) is 46.7 Å². The largest absolute Gasteiger partial charge is 0.353 e. The highest BCUT2D eigenvalue weighted by atomic mass is 16.2. The second-order valence-corrected chi connectivity index (χ2v) is 7.32. The van der Waals surface area contributed by atoms with Crippen molar-refractivity contribution < 1.29 is 9.59 Å². The summed E-state index contributed by atoms with van der Waals surface area (Å²) in [5.41, 5.74) is 3.93. The Morgan fingerprint density at radius 2 is 2.12 bits per heavy atom. The van der Waals surface area contributed by atoms with Gasteiger partial charge in [0, 0.05) is 69.9 Å². The van der Waals surface area contributed by atoms with Crippen molar-refractivity contribution in [3.63, 3.8) is 0 Å². The van der Waals surface area contributed by atoms with Crippen LogP contribution in [0.15, 0.2) is 18.3 Å². The average molecular weight is 355 g/mol. The van der Waals surface area contributed by atoms with Gasteiger partial charge < -0.3 is 14.8 Å². The topological polar surface area (TPSA) is 72.2 Å². The first-order valence-corrected chi connectivity index (χ1v) is 9.26. The number of fused-ring (bicyclic) bond motifs is 1. The van der Waals surface area contributed by atoms with Crippen molar-refractivity contribution in [3.05, 3.63) is 41.0 Å². The lowest BCUT2D eigenvalue weighted by Gasteiger charge is -2.28. The van der Waals surface area contributed by atoms with E-state index in [4.69, 9.17) is 0 Å². The molecule has 7 heteroatoms. The third-order valence-corrected chi connectivity index (χ3v) is 5.31. The molecule has 2 aromatic heterocycles. The molecule has 3 heterocycles. The first-order chi connectivity index (χ1) is 12.5. The Hall–Kier alpha value is -2.57. The molecular formula is C19H25N5O2. The van der Waals surface area contributed by atoms with Crippen LogP contribution < -0.4 is 5.32 Å².